The average Bonchev–Trinajstić information content (AvgIpc) is 2.55. The summed E-state index contributed by atoms with van der Waals surface area (Å²) in [4.78, 5) is 25.5. The zero-order valence-electron chi connectivity index (χ0n) is 15.2. The maximum absolute atomic E-state index is 11.9. The van der Waals surface area contributed by atoms with E-state index in [1.165, 1.54) is 6.07 Å². The summed E-state index contributed by atoms with van der Waals surface area (Å²) >= 11 is 0. The van der Waals surface area contributed by atoms with E-state index < -0.39 is 5.63 Å². The largest absolute Gasteiger partial charge is 0.484 e. The van der Waals surface area contributed by atoms with Gasteiger partial charge in [-0.3, -0.25) is 9.69 Å². The zero-order chi connectivity index (χ0) is 18.4. The number of rotatable bonds is 8. The molecule has 6 heteroatoms. The molecule has 0 unspecified atom stereocenters. The molecule has 1 N–H and O–H groups in total. The van der Waals surface area contributed by atoms with E-state index in [0.29, 0.717) is 30.0 Å². The van der Waals surface area contributed by atoms with Crippen LogP contribution in [0.1, 0.15) is 27.7 Å². The molecule has 0 bridgehead atoms. The van der Waals surface area contributed by atoms with E-state index in [1.807, 2.05) is 0 Å². The van der Waals surface area contributed by atoms with Gasteiger partial charge in [0.1, 0.15) is 11.3 Å². The van der Waals surface area contributed by atoms with Crippen molar-refractivity contribution in [2.45, 2.75) is 39.8 Å². The Kier molecular flexibility index (Phi) is 6.58. The number of carbonyl (C=O) groups excluding carboxylic acids is 1. The summed E-state index contributed by atoms with van der Waals surface area (Å²) in [5, 5.41) is 3.66. The normalized spacial score (nSPS) is 11.5. The van der Waals surface area contributed by atoms with Crippen molar-refractivity contribution in [1.29, 1.82) is 0 Å². The van der Waals surface area contributed by atoms with Gasteiger partial charge in [-0.15, -0.1) is 0 Å². The predicted octanol–water partition coefficient (Wildman–Crippen LogP) is 2.41. The molecule has 0 spiro atoms. The predicted molar refractivity (Wildman–Crippen MR) is 98.0 cm³/mol. The van der Waals surface area contributed by atoms with Crippen molar-refractivity contribution in [3.8, 4) is 5.75 Å². The molecular weight excluding hydrogens is 320 g/mol. The Hall–Kier alpha value is -2.34. The van der Waals surface area contributed by atoms with Crippen molar-refractivity contribution in [3.63, 3.8) is 0 Å². The molecule has 1 amide bonds. The smallest absolute Gasteiger partial charge is 0.336 e. The summed E-state index contributed by atoms with van der Waals surface area (Å²) in [6.45, 7) is 9.86. The third-order valence-corrected chi connectivity index (χ3v) is 3.98. The second-order valence-electron chi connectivity index (χ2n) is 6.52. The fraction of sp³-hybridized carbons (Fsp3) is 0.474. The van der Waals surface area contributed by atoms with Crippen LogP contribution in [0.5, 0.6) is 5.75 Å². The van der Waals surface area contributed by atoms with Crippen LogP contribution in [0.3, 0.4) is 0 Å². The lowest BCUT2D eigenvalue weighted by atomic mass is 10.2. The second-order valence-corrected chi connectivity index (χ2v) is 6.52. The van der Waals surface area contributed by atoms with E-state index in [9.17, 15) is 9.59 Å². The summed E-state index contributed by atoms with van der Waals surface area (Å²) in [6, 6.07) is 9.06. The van der Waals surface area contributed by atoms with Crippen molar-refractivity contribution in [2.75, 3.05) is 19.7 Å². The number of hydrogen-bond donors (Lipinski definition) is 1. The van der Waals surface area contributed by atoms with E-state index >= 15 is 0 Å². The Balaban J connectivity index is 1.82. The number of ether oxygens (including phenoxy) is 1. The lowest BCUT2D eigenvalue weighted by Crippen LogP contribution is -2.43. The van der Waals surface area contributed by atoms with Crippen LogP contribution in [0.25, 0.3) is 11.0 Å². The molecule has 0 saturated heterocycles. The average molecular weight is 346 g/mol. The van der Waals surface area contributed by atoms with Crippen LogP contribution in [-0.2, 0) is 4.79 Å². The minimum atomic E-state index is -0.415. The fourth-order valence-electron chi connectivity index (χ4n) is 2.77. The standard InChI is InChI=1S/C19H26N2O4/c1-13(2)21(14(3)4)10-9-20-18(22)12-24-16-7-5-15-6-8-19(23)25-17(15)11-16/h5-8,11,13-14H,9-10,12H2,1-4H3,(H,20,22). The molecule has 2 aromatic rings. The summed E-state index contributed by atoms with van der Waals surface area (Å²) < 4.78 is 10.6. The number of fused-ring (bicyclic) bond motifs is 1. The Bertz CT molecular complexity index is 759. The molecule has 0 aliphatic rings. The van der Waals surface area contributed by atoms with Gasteiger partial charge in [-0.1, -0.05) is 0 Å². The van der Waals surface area contributed by atoms with Gasteiger partial charge in [-0.2, -0.15) is 0 Å². The minimum Gasteiger partial charge on any atom is -0.484 e. The lowest BCUT2D eigenvalue weighted by Gasteiger charge is -2.30. The number of nitrogens with one attached hydrogen (secondary N) is 1. The first-order valence-corrected chi connectivity index (χ1v) is 8.56. The highest BCUT2D eigenvalue weighted by atomic mass is 16.5. The van der Waals surface area contributed by atoms with Crippen LogP contribution in [-0.4, -0.2) is 42.6 Å². The Labute approximate surface area is 147 Å². The van der Waals surface area contributed by atoms with Crippen LogP contribution in [0, 0.1) is 0 Å². The topological polar surface area (TPSA) is 71.8 Å². The summed E-state index contributed by atoms with van der Waals surface area (Å²) in [5.74, 6) is 0.310. The molecule has 6 nitrogen and oxygen atoms in total. The van der Waals surface area contributed by atoms with Gasteiger partial charge in [-0.25, -0.2) is 4.79 Å². The number of nitrogens with zero attached hydrogens (tertiary/aromatic N) is 1. The number of benzene rings is 1. The molecule has 0 saturated carbocycles. The van der Waals surface area contributed by atoms with Crippen LogP contribution in [0.15, 0.2) is 39.5 Å². The Morgan fingerprint density at radius 3 is 2.52 bits per heavy atom. The molecule has 2 rings (SSSR count). The van der Waals surface area contributed by atoms with Gasteiger partial charge in [0.25, 0.3) is 5.91 Å². The van der Waals surface area contributed by atoms with Crippen molar-refractivity contribution < 1.29 is 13.9 Å². The first-order chi connectivity index (χ1) is 11.9. The third kappa shape index (κ3) is 5.60. The monoisotopic (exact) mass is 346 g/mol. The summed E-state index contributed by atoms with van der Waals surface area (Å²) in [5.41, 5.74) is 0.0252. The van der Waals surface area contributed by atoms with Crippen molar-refractivity contribution in [3.05, 3.63) is 40.8 Å². The number of amides is 1. The zero-order valence-corrected chi connectivity index (χ0v) is 15.2. The molecule has 136 valence electrons. The Morgan fingerprint density at radius 2 is 1.84 bits per heavy atom. The van der Waals surface area contributed by atoms with Gasteiger partial charge in [0.2, 0.25) is 0 Å². The molecule has 0 fully saturated rings. The van der Waals surface area contributed by atoms with Crippen LogP contribution in [0.4, 0.5) is 0 Å². The summed E-state index contributed by atoms with van der Waals surface area (Å²) in [6.07, 6.45) is 0. The first kappa shape index (κ1) is 19.0. The van der Waals surface area contributed by atoms with Crippen LogP contribution in [0.2, 0.25) is 0 Å². The molecule has 0 aliphatic heterocycles. The minimum absolute atomic E-state index is 0.0775. The van der Waals surface area contributed by atoms with Crippen molar-refractivity contribution >= 4 is 16.9 Å². The van der Waals surface area contributed by atoms with Crippen molar-refractivity contribution in [1.82, 2.24) is 10.2 Å². The van der Waals surface area contributed by atoms with Gasteiger partial charge in [0.05, 0.1) is 0 Å². The SMILES string of the molecule is CC(C)N(CCNC(=O)COc1ccc2ccc(=O)oc2c1)C(C)C. The van der Waals surface area contributed by atoms with E-state index in [-0.39, 0.29) is 12.5 Å². The van der Waals surface area contributed by atoms with Crippen LogP contribution < -0.4 is 15.7 Å². The van der Waals surface area contributed by atoms with Gasteiger partial charge in [0.15, 0.2) is 6.61 Å². The molecular formula is C19H26N2O4. The molecule has 1 aromatic heterocycles. The van der Waals surface area contributed by atoms with Gasteiger partial charge in [-0.05, 0) is 45.9 Å². The molecule has 0 atom stereocenters. The molecule has 25 heavy (non-hydrogen) atoms. The third-order valence-electron chi connectivity index (χ3n) is 3.98. The summed E-state index contributed by atoms with van der Waals surface area (Å²) in [7, 11) is 0. The first-order valence-electron chi connectivity index (χ1n) is 8.56. The highest BCUT2D eigenvalue weighted by Gasteiger charge is 2.13. The van der Waals surface area contributed by atoms with Gasteiger partial charge in [0, 0.05) is 42.7 Å². The highest BCUT2D eigenvalue weighted by molar-refractivity contribution is 5.79. The van der Waals surface area contributed by atoms with E-state index in [2.05, 4.69) is 37.9 Å². The van der Waals surface area contributed by atoms with Gasteiger partial charge < -0.3 is 14.5 Å². The number of hydrogen-bond acceptors (Lipinski definition) is 5. The second kappa shape index (κ2) is 8.67. The maximum Gasteiger partial charge on any atom is 0.336 e. The molecule has 1 heterocycles. The van der Waals surface area contributed by atoms with Crippen LogP contribution >= 0.6 is 0 Å². The van der Waals surface area contributed by atoms with E-state index in [1.54, 1.807) is 24.3 Å². The van der Waals surface area contributed by atoms with Gasteiger partial charge >= 0.3 is 5.63 Å². The Morgan fingerprint density at radius 1 is 1.16 bits per heavy atom. The molecule has 1 aromatic carbocycles. The van der Waals surface area contributed by atoms with Crippen molar-refractivity contribution in [2.24, 2.45) is 0 Å². The fourth-order valence-corrected chi connectivity index (χ4v) is 2.77. The maximum atomic E-state index is 11.9. The molecule has 0 radical (unpaired) electrons. The molecule has 0 aliphatic carbocycles. The highest BCUT2D eigenvalue weighted by Crippen LogP contribution is 2.19. The number of carbonyl (C=O) groups is 1. The lowest BCUT2D eigenvalue weighted by molar-refractivity contribution is -0.123. The quantitative estimate of drug-likeness (QED) is 0.743. The van der Waals surface area contributed by atoms with E-state index in [0.717, 1.165) is 11.9 Å². The van der Waals surface area contributed by atoms with E-state index in [4.69, 9.17) is 9.15 Å².